The Hall–Kier alpha value is -3.37. The van der Waals surface area contributed by atoms with Gasteiger partial charge in [0.2, 0.25) is 15.9 Å². The van der Waals surface area contributed by atoms with E-state index in [9.17, 15) is 21.6 Å². The van der Waals surface area contributed by atoms with Crippen LogP contribution >= 0.6 is 0 Å². The van der Waals surface area contributed by atoms with Gasteiger partial charge in [-0.3, -0.25) is 9.52 Å². The highest BCUT2D eigenvalue weighted by atomic mass is 32.2. The molecule has 0 aliphatic carbocycles. The van der Waals surface area contributed by atoms with Crippen molar-refractivity contribution in [2.45, 2.75) is 39.2 Å². The van der Waals surface area contributed by atoms with E-state index in [0.717, 1.165) is 39.1 Å². The Morgan fingerprint density at radius 1 is 0.949 bits per heavy atom. The molecule has 3 aromatic carbocycles. The zero-order valence-corrected chi connectivity index (χ0v) is 23.9. The summed E-state index contributed by atoms with van der Waals surface area (Å²) in [6.45, 7) is 4.75. The summed E-state index contributed by atoms with van der Waals surface area (Å²) >= 11 is 0. The highest BCUT2D eigenvalue weighted by Gasteiger charge is 2.30. The first-order valence-electron chi connectivity index (χ1n) is 12.7. The average Bonchev–Trinajstić information content (AvgIpc) is 2.84. The average molecular weight is 572 g/mol. The monoisotopic (exact) mass is 571 g/mol. The summed E-state index contributed by atoms with van der Waals surface area (Å²) in [5.41, 5.74) is 6.06. The molecule has 10 heteroatoms. The summed E-state index contributed by atoms with van der Waals surface area (Å²) in [5.74, 6) is 0.509. The number of sulfone groups is 1. The van der Waals surface area contributed by atoms with Crippen LogP contribution in [0.15, 0.2) is 60.7 Å². The number of nitrogens with one attached hydrogen (secondary N) is 1. The van der Waals surface area contributed by atoms with Crippen molar-refractivity contribution >= 4 is 25.8 Å². The second kappa shape index (κ2) is 11.8. The molecular weight excluding hydrogens is 538 g/mol. The molecule has 0 bridgehead atoms. The molecule has 1 amide bonds. The highest BCUT2D eigenvalue weighted by Crippen LogP contribution is 2.32. The van der Waals surface area contributed by atoms with E-state index in [0.29, 0.717) is 25.4 Å². The van der Waals surface area contributed by atoms with Crippen LogP contribution in [0.4, 0.5) is 0 Å². The minimum atomic E-state index is -3.59. The fourth-order valence-electron chi connectivity index (χ4n) is 4.81. The lowest BCUT2D eigenvalue weighted by molar-refractivity contribution is -0.119. The molecule has 39 heavy (non-hydrogen) atoms. The maximum atomic E-state index is 11.9. The van der Waals surface area contributed by atoms with Crippen LogP contribution < -0.4 is 14.2 Å². The summed E-state index contributed by atoms with van der Waals surface area (Å²) < 4.78 is 60.2. The van der Waals surface area contributed by atoms with Crippen molar-refractivity contribution in [3.05, 3.63) is 82.9 Å². The molecule has 1 heterocycles. The molecule has 0 saturated carbocycles. The zero-order valence-electron chi connectivity index (χ0n) is 22.3. The van der Waals surface area contributed by atoms with E-state index in [2.05, 4.69) is 12.1 Å². The van der Waals surface area contributed by atoms with Gasteiger partial charge in [0.25, 0.3) is 0 Å². The van der Waals surface area contributed by atoms with Crippen molar-refractivity contribution in [1.82, 2.24) is 4.72 Å². The summed E-state index contributed by atoms with van der Waals surface area (Å²) in [7, 11) is -6.59. The third-order valence-corrected chi connectivity index (χ3v) is 8.94. The number of hydrogen-bond acceptors (Lipinski definition) is 7. The molecule has 1 atom stereocenters. The fourth-order valence-corrected chi connectivity index (χ4v) is 6.81. The number of benzene rings is 3. The summed E-state index contributed by atoms with van der Waals surface area (Å²) in [6, 6.07) is 19.2. The Morgan fingerprint density at radius 3 is 2.28 bits per heavy atom. The van der Waals surface area contributed by atoms with Crippen molar-refractivity contribution in [3.8, 4) is 22.6 Å². The van der Waals surface area contributed by atoms with Gasteiger partial charge in [0.05, 0.1) is 18.1 Å². The van der Waals surface area contributed by atoms with Crippen molar-refractivity contribution in [2.75, 3.05) is 24.4 Å². The van der Waals surface area contributed by atoms with Crippen LogP contribution in [0.1, 0.15) is 41.0 Å². The first-order chi connectivity index (χ1) is 18.4. The number of aryl methyl sites for hydroxylation is 2. The largest absolute Gasteiger partial charge is 0.494 e. The van der Waals surface area contributed by atoms with E-state index in [1.54, 1.807) is 12.1 Å². The number of amides is 1. The first kappa shape index (κ1) is 28.6. The standard InChI is InChI=1S/C29H33NO7S2/c1-20-14-27(36-12-5-13-38(3,32)33)15-21(2)29(20)24-7-4-6-22(16-24)18-37-26-10-8-23(9-11-26)25-17-28(31)30-39(34,35)19-25/h4,6-11,14-16,25H,5,12-13,17-19H2,1-3H3,(H,30,31). The Morgan fingerprint density at radius 2 is 1.64 bits per heavy atom. The predicted molar refractivity (Wildman–Crippen MR) is 151 cm³/mol. The first-order valence-corrected chi connectivity index (χ1v) is 16.4. The number of rotatable bonds is 10. The molecule has 0 aromatic heterocycles. The molecule has 1 N–H and O–H groups in total. The molecule has 8 nitrogen and oxygen atoms in total. The zero-order chi connectivity index (χ0) is 28.2. The van der Waals surface area contributed by atoms with Gasteiger partial charge in [-0.2, -0.15) is 0 Å². The molecule has 0 radical (unpaired) electrons. The maximum absolute atomic E-state index is 11.9. The molecule has 1 fully saturated rings. The van der Waals surface area contributed by atoms with Crippen LogP contribution in [-0.4, -0.2) is 47.1 Å². The third kappa shape index (κ3) is 8.06. The Bertz CT molecular complexity index is 1540. The smallest absolute Gasteiger partial charge is 0.235 e. The SMILES string of the molecule is Cc1cc(OCCCS(C)(=O)=O)cc(C)c1-c1cccc(COc2ccc(C3CC(=O)NS(=O)(=O)C3)cc2)c1. The second-order valence-corrected chi connectivity index (χ2v) is 14.1. The predicted octanol–water partition coefficient (Wildman–Crippen LogP) is 4.30. The molecule has 0 spiro atoms. The quantitative estimate of drug-likeness (QED) is 0.361. The third-order valence-electron chi connectivity index (χ3n) is 6.53. The van der Waals surface area contributed by atoms with E-state index in [-0.39, 0.29) is 23.8 Å². The van der Waals surface area contributed by atoms with E-state index >= 15 is 0 Å². The fraction of sp³-hybridized carbons (Fsp3) is 0.345. The van der Waals surface area contributed by atoms with Gasteiger partial charge in [0.1, 0.15) is 27.9 Å². The Labute approximate surface area is 230 Å². The van der Waals surface area contributed by atoms with Crippen LogP contribution in [-0.2, 0) is 31.3 Å². The van der Waals surface area contributed by atoms with Crippen molar-refractivity contribution in [1.29, 1.82) is 0 Å². The van der Waals surface area contributed by atoms with E-state index in [1.165, 1.54) is 6.26 Å². The molecule has 1 aliphatic heterocycles. The molecule has 1 saturated heterocycles. The molecular formula is C29H33NO7S2. The van der Waals surface area contributed by atoms with Gasteiger partial charge in [-0.15, -0.1) is 0 Å². The lowest BCUT2D eigenvalue weighted by Gasteiger charge is -2.22. The minimum absolute atomic E-state index is 0.103. The number of carbonyl (C=O) groups excluding carboxylic acids is 1. The van der Waals surface area contributed by atoms with Crippen molar-refractivity contribution in [3.63, 3.8) is 0 Å². The Kier molecular flexibility index (Phi) is 8.66. The summed E-state index contributed by atoms with van der Waals surface area (Å²) in [6.07, 6.45) is 1.81. The summed E-state index contributed by atoms with van der Waals surface area (Å²) in [4.78, 5) is 11.7. The molecule has 4 rings (SSSR count). The molecule has 3 aromatic rings. The van der Waals surface area contributed by atoms with Gasteiger partial charge < -0.3 is 9.47 Å². The van der Waals surface area contributed by atoms with Gasteiger partial charge in [-0.05, 0) is 84.0 Å². The van der Waals surface area contributed by atoms with Crippen LogP contribution in [0.3, 0.4) is 0 Å². The van der Waals surface area contributed by atoms with Gasteiger partial charge >= 0.3 is 0 Å². The summed E-state index contributed by atoms with van der Waals surface area (Å²) in [5, 5.41) is 0. The topological polar surface area (TPSA) is 116 Å². The van der Waals surface area contributed by atoms with Crippen LogP contribution in [0.5, 0.6) is 11.5 Å². The highest BCUT2D eigenvalue weighted by molar-refractivity contribution is 7.90. The Balaban J connectivity index is 1.39. The number of carbonyl (C=O) groups is 1. The molecule has 1 unspecified atom stereocenters. The van der Waals surface area contributed by atoms with Gasteiger partial charge in [-0.1, -0.05) is 30.3 Å². The lowest BCUT2D eigenvalue weighted by atomic mass is 9.94. The van der Waals surface area contributed by atoms with E-state index in [1.807, 2.05) is 55.0 Å². The van der Waals surface area contributed by atoms with E-state index < -0.39 is 25.8 Å². The molecule has 208 valence electrons. The number of ether oxygens (including phenoxy) is 2. The van der Waals surface area contributed by atoms with Gasteiger partial charge in [-0.25, -0.2) is 16.8 Å². The lowest BCUT2D eigenvalue weighted by Crippen LogP contribution is -2.40. The number of hydrogen-bond donors (Lipinski definition) is 1. The second-order valence-electron chi connectivity index (χ2n) is 10.0. The van der Waals surface area contributed by atoms with Crippen molar-refractivity contribution < 1.29 is 31.1 Å². The van der Waals surface area contributed by atoms with Crippen LogP contribution in [0.2, 0.25) is 0 Å². The van der Waals surface area contributed by atoms with Gasteiger partial charge in [0, 0.05) is 18.6 Å². The van der Waals surface area contributed by atoms with Crippen LogP contribution in [0.25, 0.3) is 11.1 Å². The normalized spacial score (nSPS) is 16.9. The van der Waals surface area contributed by atoms with Crippen molar-refractivity contribution in [2.24, 2.45) is 0 Å². The van der Waals surface area contributed by atoms with Gasteiger partial charge in [0.15, 0.2) is 0 Å². The van der Waals surface area contributed by atoms with E-state index in [4.69, 9.17) is 9.47 Å². The molecule has 1 aliphatic rings. The number of sulfonamides is 1. The minimum Gasteiger partial charge on any atom is -0.494 e. The van der Waals surface area contributed by atoms with Crippen LogP contribution in [0, 0.1) is 13.8 Å². The maximum Gasteiger partial charge on any atom is 0.235 e.